The van der Waals surface area contributed by atoms with Crippen molar-refractivity contribution in [1.29, 1.82) is 0 Å². The van der Waals surface area contributed by atoms with Gasteiger partial charge in [0, 0.05) is 6.42 Å². The Bertz CT molecular complexity index is 887. The first-order valence-corrected chi connectivity index (χ1v) is 21.8. The van der Waals surface area contributed by atoms with Crippen LogP contribution in [0.4, 0.5) is 0 Å². The minimum atomic E-state index is -1.53. The maximum absolute atomic E-state index is 13.0. The van der Waals surface area contributed by atoms with Gasteiger partial charge in [-0.25, -0.2) is 9.59 Å². The molecular formula is C44H80O8. The first-order chi connectivity index (χ1) is 25.3. The Kier molecular flexibility index (Phi) is 35.5. The van der Waals surface area contributed by atoms with Crippen LogP contribution in [0.25, 0.3) is 0 Å². The van der Waals surface area contributed by atoms with Crippen molar-refractivity contribution in [3.8, 4) is 0 Å². The molecule has 0 aliphatic carbocycles. The molecule has 0 aromatic heterocycles. The average molecular weight is 737 g/mol. The van der Waals surface area contributed by atoms with Crippen LogP contribution in [0.15, 0.2) is 0 Å². The topological polar surface area (TPSA) is 113 Å². The number of esters is 3. The smallest absolute Gasteiger partial charge is 0.374 e. The van der Waals surface area contributed by atoms with E-state index in [0.29, 0.717) is 12.8 Å². The zero-order valence-corrected chi connectivity index (χ0v) is 34.1. The van der Waals surface area contributed by atoms with E-state index >= 15 is 0 Å². The molecule has 52 heavy (non-hydrogen) atoms. The Labute approximate surface area is 319 Å². The standard InChI is InChI=1S/C44H80O8/c1-4-6-8-10-12-14-16-18-20-22-24-26-28-30-32-34-36-50-43(49)44(3,38-51-41(47)37-45)39-52-42(48)40(46)35-33-31-29-27-25-23-21-19-17-15-13-11-9-7-5-2/h37H,4-36,38-39H2,1-3H3. The largest absolute Gasteiger partial charge is 0.465 e. The molecule has 8 nitrogen and oxygen atoms in total. The number of aldehydes is 1. The minimum absolute atomic E-state index is 0.00898. The maximum Gasteiger partial charge on any atom is 0.374 e. The molecular weight excluding hydrogens is 656 g/mol. The third-order valence-corrected chi connectivity index (χ3v) is 10.1. The van der Waals surface area contributed by atoms with E-state index in [1.165, 1.54) is 155 Å². The number of hydrogen-bond acceptors (Lipinski definition) is 8. The summed E-state index contributed by atoms with van der Waals surface area (Å²) in [6.07, 6.45) is 38.2. The second-order valence-corrected chi connectivity index (χ2v) is 15.4. The van der Waals surface area contributed by atoms with Crippen molar-refractivity contribution in [3.63, 3.8) is 0 Å². The summed E-state index contributed by atoms with van der Waals surface area (Å²) in [6, 6.07) is 0. The highest BCUT2D eigenvalue weighted by molar-refractivity contribution is 6.33. The summed E-state index contributed by atoms with van der Waals surface area (Å²) < 4.78 is 15.5. The molecule has 1 unspecified atom stereocenters. The molecule has 0 aromatic rings. The van der Waals surface area contributed by atoms with Crippen LogP contribution in [0.5, 0.6) is 0 Å². The molecule has 0 rings (SSSR count). The summed E-state index contributed by atoms with van der Waals surface area (Å²) in [5.41, 5.74) is -1.53. The third-order valence-electron chi connectivity index (χ3n) is 10.1. The van der Waals surface area contributed by atoms with Gasteiger partial charge in [-0.2, -0.15) is 0 Å². The highest BCUT2D eigenvalue weighted by Gasteiger charge is 2.39. The zero-order valence-electron chi connectivity index (χ0n) is 34.1. The Hall–Kier alpha value is -2.25. The summed E-state index contributed by atoms with van der Waals surface area (Å²) in [5, 5.41) is 0. The van der Waals surface area contributed by atoms with Gasteiger partial charge in [-0.1, -0.05) is 200 Å². The molecule has 0 saturated heterocycles. The van der Waals surface area contributed by atoms with E-state index in [0.717, 1.165) is 38.5 Å². The van der Waals surface area contributed by atoms with E-state index in [1.54, 1.807) is 0 Å². The molecule has 0 aliphatic heterocycles. The SMILES string of the molecule is CCCCCCCCCCCCCCCCCCOC(=O)C(C)(COC(=O)C=O)COC(=O)C(=O)CCCCCCCCCCCCCCCCC. The fourth-order valence-corrected chi connectivity index (χ4v) is 6.48. The van der Waals surface area contributed by atoms with Crippen LogP contribution in [0.3, 0.4) is 0 Å². The Morgan fingerprint density at radius 2 is 0.769 bits per heavy atom. The van der Waals surface area contributed by atoms with E-state index in [9.17, 15) is 24.0 Å². The van der Waals surface area contributed by atoms with Gasteiger partial charge in [0.25, 0.3) is 0 Å². The first kappa shape index (κ1) is 49.8. The van der Waals surface area contributed by atoms with Crippen molar-refractivity contribution in [2.24, 2.45) is 5.41 Å². The lowest BCUT2D eigenvalue weighted by molar-refractivity contribution is -0.172. The summed E-state index contributed by atoms with van der Waals surface area (Å²) in [5.74, 6) is -3.48. The second kappa shape index (κ2) is 37.1. The minimum Gasteiger partial charge on any atom is -0.465 e. The van der Waals surface area contributed by atoms with Crippen molar-refractivity contribution in [1.82, 2.24) is 0 Å². The molecule has 1 atom stereocenters. The van der Waals surface area contributed by atoms with Gasteiger partial charge in [0.15, 0.2) is 0 Å². The normalized spacial score (nSPS) is 12.3. The molecule has 0 spiro atoms. The Morgan fingerprint density at radius 3 is 1.13 bits per heavy atom. The van der Waals surface area contributed by atoms with Gasteiger partial charge in [0.2, 0.25) is 12.1 Å². The van der Waals surface area contributed by atoms with Crippen LogP contribution in [0, 0.1) is 5.41 Å². The van der Waals surface area contributed by atoms with Crippen LogP contribution in [-0.4, -0.2) is 49.8 Å². The summed E-state index contributed by atoms with van der Waals surface area (Å²) in [7, 11) is 0. The third kappa shape index (κ3) is 31.3. The van der Waals surface area contributed by atoms with Crippen molar-refractivity contribution >= 4 is 30.0 Å². The fraction of sp³-hybridized carbons (Fsp3) is 0.886. The van der Waals surface area contributed by atoms with Gasteiger partial charge >= 0.3 is 17.9 Å². The Morgan fingerprint density at radius 1 is 0.442 bits per heavy atom. The zero-order chi connectivity index (χ0) is 38.4. The molecule has 0 amide bonds. The predicted octanol–water partition coefficient (Wildman–Crippen LogP) is 11.9. The number of Topliss-reactive ketones (excluding diaryl/α,β-unsaturated/α-hetero) is 1. The number of carbonyl (C=O) groups excluding carboxylic acids is 5. The van der Waals surface area contributed by atoms with Crippen molar-refractivity contribution < 1.29 is 38.2 Å². The predicted molar refractivity (Wildman–Crippen MR) is 211 cm³/mol. The van der Waals surface area contributed by atoms with Gasteiger partial charge in [-0.15, -0.1) is 0 Å². The molecule has 0 bridgehead atoms. The highest BCUT2D eigenvalue weighted by atomic mass is 16.6. The molecule has 0 fully saturated rings. The summed E-state index contributed by atoms with van der Waals surface area (Å²) in [6.45, 7) is 5.16. The molecule has 8 heteroatoms. The first-order valence-electron chi connectivity index (χ1n) is 21.8. The van der Waals surface area contributed by atoms with Gasteiger partial charge in [0.1, 0.15) is 18.6 Å². The lowest BCUT2D eigenvalue weighted by Gasteiger charge is -2.26. The molecule has 0 aliphatic rings. The molecule has 304 valence electrons. The quantitative estimate of drug-likeness (QED) is 0.0201. The average Bonchev–Trinajstić information content (AvgIpc) is 3.15. The maximum atomic E-state index is 13.0. The van der Waals surface area contributed by atoms with Crippen LogP contribution in [0.2, 0.25) is 0 Å². The Balaban J connectivity index is 4.11. The number of unbranched alkanes of at least 4 members (excludes halogenated alkanes) is 29. The fourth-order valence-electron chi connectivity index (χ4n) is 6.48. The highest BCUT2D eigenvalue weighted by Crippen LogP contribution is 2.22. The molecule has 0 N–H and O–H groups in total. The number of carbonyl (C=O) groups is 5. The molecule has 0 heterocycles. The number of rotatable bonds is 40. The molecule has 0 radical (unpaired) electrons. The monoisotopic (exact) mass is 737 g/mol. The second-order valence-electron chi connectivity index (χ2n) is 15.4. The van der Waals surface area contributed by atoms with E-state index < -0.39 is 42.3 Å². The van der Waals surface area contributed by atoms with E-state index in [2.05, 4.69) is 13.8 Å². The van der Waals surface area contributed by atoms with Crippen molar-refractivity contribution in [2.75, 3.05) is 19.8 Å². The van der Waals surface area contributed by atoms with Crippen LogP contribution in [0.1, 0.15) is 226 Å². The van der Waals surface area contributed by atoms with Gasteiger partial charge < -0.3 is 14.2 Å². The molecule has 0 saturated carbocycles. The lowest BCUT2D eigenvalue weighted by atomic mass is 9.93. The van der Waals surface area contributed by atoms with E-state index in [1.807, 2.05) is 0 Å². The number of hydrogen-bond donors (Lipinski definition) is 0. The van der Waals surface area contributed by atoms with Gasteiger partial charge in [-0.05, 0) is 19.8 Å². The summed E-state index contributed by atoms with van der Waals surface area (Å²) in [4.78, 5) is 60.0. The van der Waals surface area contributed by atoms with E-state index in [4.69, 9.17) is 14.2 Å². The number of ketones is 1. The van der Waals surface area contributed by atoms with Crippen molar-refractivity contribution in [3.05, 3.63) is 0 Å². The van der Waals surface area contributed by atoms with Gasteiger partial charge in [0.05, 0.1) is 6.61 Å². The summed E-state index contributed by atoms with van der Waals surface area (Å²) >= 11 is 0. The van der Waals surface area contributed by atoms with Crippen LogP contribution >= 0.6 is 0 Å². The van der Waals surface area contributed by atoms with Crippen LogP contribution < -0.4 is 0 Å². The number of ether oxygens (including phenoxy) is 3. The van der Waals surface area contributed by atoms with Gasteiger partial charge in [-0.3, -0.25) is 14.4 Å². The van der Waals surface area contributed by atoms with Crippen molar-refractivity contribution in [2.45, 2.75) is 226 Å². The van der Waals surface area contributed by atoms with Crippen LogP contribution in [-0.2, 0) is 38.2 Å². The lowest BCUT2D eigenvalue weighted by Crippen LogP contribution is -2.41. The molecule has 0 aromatic carbocycles. The van der Waals surface area contributed by atoms with E-state index in [-0.39, 0.29) is 19.3 Å².